The zero-order chi connectivity index (χ0) is 14.7. The fraction of sp³-hybridized carbons (Fsp3) is 0.667. The second-order valence-electron chi connectivity index (χ2n) is 6.75. The molecule has 0 amide bonds. The molecule has 1 aliphatic carbocycles. The first-order chi connectivity index (χ1) is 10.3. The van der Waals surface area contributed by atoms with Gasteiger partial charge in [-0.2, -0.15) is 0 Å². The molecule has 1 atom stereocenters. The van der Waals surface area contributed by atoms with Gasteiger partial charge in [-0.3, -0.25) is 0 Å². The number of hydrogen-bond donors (Lipinski definition) is 2. The fourth-order valence-corrected chi connectivity index (χ4v) is 3.53. The summed E-state index contributed by atoms with van der Waals surface area (Å²) < 4.78 is 0. The summed E-state index contributed by atoms with van der Waals surface area (Å²) >= 11 is 0. The van der Waals surface area contributed by atoms with Crippen LogP contribution in [0.15, 0.2) is 24.3 Å². The van der Waals surface area contributed by atoms with Crippen LogP contribution in [0.3, 0.4) is 0 Å². The van der Waals surface area contributed by atoms with E-state index in [1.54, 1.807) is 0 Å². The number of aliphatic hydroxyl groups excluding tert-OH is 1. The Balaban J connectivity index is 1.67. The predicted molar refractivity (Wildman–Crippen MR) is 88.9 cm³/mol. The van der Waals surface area contributed by atoms with E-state index in [2.05, 4.69) is 41.4 Å². The highest BCUT2D eigenvalue weighted by molar-refractivity contribution is 5.70. The third-order valence-corrected chi connectivity index (χ3v) is 5.36. The van der Waals surface area contributed by atoms with Crippen LogP contribution in [0.5, 0.6) is 0 Å². The van der Waals surface area contributed by atoms with E-state index in [0.717, 1.165) is 31.8 Å². The van der Waals surface area contributed by atoms with Crippen molar-refractivity contribution in [3.8, 4) is 0 Å². The first kappa shape index (κ1) is 14.7. The fourth-order valence-electron chi connectivity index (χ4n) is 3.53. The van der Waals surface area contributed by atoms with Crippen molar-refractivity contribution < 1.29 is 5.11 Å². The van der Waals surface area contributed by atoms with Crippen molar-refractivity contribution in [3.63, 3.8) is 0 Å². The van der Waals surface area contributed by atoms with Crippen molar-refractivity contribution in [1.82, 2.24) is 0 Å². The smallest absolute Gasteiger partial charge is 0.0602 e. The molecule has 1 saturated carbocycles. The zero-order valence-electron chi connectivity index (χ0n) is 13.1. The zero-order valence-corrected chi connectivity index (χ0v) is 13.1. The Bertz CT molecular complexity index is 450. The summed E-state index contributed by atoms with van der Waals surface area (Å²) in [7, 11) is 0. The maximum Gasteiger partial charge on any atom is 0.0602 e. The van der Waals surface area contributed by atoms with Gasteiger partial charge in [-0.1, -0.05) is 18.6 Å². The standard InChI is InChI=1S/C18H28N2O/c1-14(16-5-4-6-16)19-17-7-2-3-8-18(17)20-11-9-15(13-21)10-12-20/h2-3,7-8,14-16,19,21H,4-6,9-13H2,1H3/t14-/m0/s1. The van der Waals surface area contributed by atoms with Crippen LogP contribution in [0.2, 0.25) is 0 Å². The molecule has 2 aliphatic rings. The minimum Gasteiger partial charge on any atom is -0.396 e. The van der Waals surface area contributed by atoms with Gasteiger partial charge < -0.3 is 15.3 Å². The van der Waals surface area contributed by atoms with Gasteiger partial charge in [0.15, 0.2) is 0 Å². The lowest BCUT2D eigenvalue weighted by Crippen LogP contribution is -2.36. The van der Waals surface area contributed by atoms with Gasteiger partial charge in [-0.15, -0.1) is 0 Å². The molecule has 3 rings (SSSR count). The molecule has 1 aromatic rings. The molecule has 1 heterocycles. The molecule has 0 bridgehead atoms. The molecule has 0 spiro atoms. The molecule has 21 heavy (non-hydrogen) atoms. The van der Waals surface area contributed by atoms with Crippen molar-refractivity contribution in [3.05, 3.63) is 24.3 Å². The van der Waals surface area contributed by atoms with E-state index in [9.17, 15) is 5.11 Å². The van der Waals surface area contributed by atoms with E-state index in [-0.39, 0.29) is 0 Å². The summed E-state index contributed by atoms with van der Waals surface area (Å²) in [5.74, 6) is 1.34. The second kappa shape index (κ2) is 6.69. The number of aliphatic hydroxyl groups is 1. The van der Waals surface area contributed by atoms with Gasteiger partial charge in [0.25, 0.3) is 0 Å². The van der Waals surface area contributed by atoms with Gasteiger partial charge in [-0.25, -0.2) is 0 Å². The van der Waals surface area contributed by atoms with Gasteiger partial charge >= 0.3 is 0 Å². The number of para-hydroxylation sites is 2. The molecule has 1 aliphatic heterocycles. The van der Waals surface area contributed by atoms with E-state index in [1.165, 1.54) is 30.6 Å². The molecule has 0 unspecified atom stereocenters. The number of piperidine rings is 1. The molecule has 0 aromatic heterocycles. The summed E-state index contributed by atoms with van der Waals surface area (Å²) in [6.07, 6.45) is 6.34. The Morgan fingerprint density at radius 1 is 1.19 bits per heavy atom. The topological polar surface area (TPSA) is 35.5 Å². The van der Waals surface area contributed by atoms with Gasteiger partial charge in [0.05, 0.1) is 11.4 Å². The van der Waals surface area contributed by atoms with E-state index in [1.807, 2.05) is 0 Å². The number of anilines is 2. The van der Waals surface area contributed by atoms with Crippen LogP contribution < -0.4 is 10.2 Å². The number of benzene rings is 1. The maximum absolute atomic E-state index is 9.29. The highest BCUT2D eigenvalue weighted by Crippen LogP contribution is 2.34. The Labute approximate surface area is 128 Å². The van der Waals surface area contributed by atoms with E-state index >= 15 is 0 Å². The minimum absolute atomic E-state index is 0.340. The minimum atomic E-state index is 0.340. The van der Waals surface area contributed by atoms with Crippen molar-refractivity contribution in [2.75, 3.05) is 29.9 Å². The quantitative estimate of drug-likeness (QED) is 0.870. The summed E-state index contributed by atoms with van der Waals surface area (Å²) in [5.41, 5.74) is 2.61. The maximum atomic E-state index is 9.29. The summed E-state index contributed by atoms with van der Waals surface area (Å²) in [6.45, 7) is 4.77. The molecule has 2 N–H and O–H groups in total. The first-order valence-corrected chi connectivity index (χ1v) is 8.49. The molecule has 1 saturated heterocycles. The van der Waals surface area contributed by atoms with Crippen molar-refractivity contribution >= 4 is 11.4 Å². The van der Waals surface area contributed by atoms with Crippen molar-refractivity contribution in [2.24, 2.45) is 11.8 Å². The van der Waals surface area contributed by atoms with Crippen LogP contribution in [-0.2, 0) is 0 Å². The SMILES string of the molecule is C[C@H](Nc1ccccc1N1CCC(CO)CC1)C1CCC1. The normalized spacial score (nSPS) is 21.9. The summed E-state index contributed by atoms with van der Waals surface area (Å²) in [5, 5.41) is 13.0. The Kier molecular flexibility index (Phi) is 4.69. The lowest BCUT2D eigenvalue weighted by molar-refractivity contribution is 0.203. The van der Waals surface area contributed by atoms with Crippen LogP contribution in [0.4, 0.5) is 11.4 Å². The van der Waals surface area contributed by atoms with Crippen LogP contribution in [-0.4, -0.2) is 30.8 Å². The van der Waals surface area contributed by atoms with Crippen LogP contribution in [0.25, 0.3) is 0 Å². The molecular formula is C18H28N2O. The first-order valence-electron chi connectivity index (χ1n) is 8.49. The number of nitrogens with zero attached hydrogens (tertiary/aromatic N) is 1. The van der Waals surface area contributed by atoms with Crippen molar-refractivity contribution in [1.29, 1.82) is 0 Å². The van der Waals surface area contributed by atoms with Gasteiger partial charge in [-0.05, 0) is 56.6 Å². The summed E-state index contributed by atoms with van der Waals surface area (Å²) in [6, 6.07) is 9.26. The molecule has 1 aromatic carbocycles. The molecule has 116 valence electrons. The number of rotatable bonds is 5. The average Bonchev–Trinajstić information content (AvgIpc) is 2.46. The number of hydrogen-bond acceptors (Lipinski definition) is 3. The van der Waals surface area contributed by atoms with Gasteiger partial charge in [0, 0.05) is 25.7 Å². The molecule has 2 fully saturated rings. The Morgan fingerprint density at radius 2 is 1.90 bits per heavy atom. The third kappa shape index (κ3) is 3.34. The number of nitrogens with one attached hydrogen (secondary N) is 1. The van der Waals surface area contributed by atoms with Crippen LogP contribution in [0.1, 0.15) is 39.0 Å². The molecule has 3 nitrogen and oxygen atoms in total. The van der Waals surface area contributed by atoms with Gasteiger partial charge in [0.1, 0.15) is 0 Å². The lowest BCUT2D eigenvalue weighted by Gasteiger charge is -2.36. The highest BCUT2D eigenvalue weighted by Gasteiger charge is 2.25. The molecule has 3 heteroatoms. The van der Waals surface area contributed by atoms with E-state index in [0.29, 0.717) is 18.6 Å². The third-order valence-electron chi connectivity index (χ3n) is 5.36. The Hall–Kier alpha value is -1.22. The average molecular weight is 288 g/mol. The van der Waals surface area contributed by atoms with Crippen molar-refractivity contribution in [2.45, 2.75) is 45.1 Å². The summed E-state index contributed by atoms with van der Waals surface area (Å²) in [4.78, 5) is 2.47. The Morgan fingerprint density at radius 3 is 2.52 bits per heavy atom. The monoisotopic (exact) mass is 288 g/mol. The predicted octanol–water partition coefficient (Wildman–Crippen LogP) is 3.50. The largest absolute Gasteiger partial charge is 0.396 e. The van der Waals surface area contributed by atoms with E-state index in [4.69, 9.17) is 0 Å². The highest BCUT2D eigenvalue weighted by atomic mass is 16.3. The molecular weight excluding hydrogens is 260 g/mol. The lowest BCUT2D eigenvalue weighted by atomic mass is 9.80. The van der Waals surface area contributed by atoms with Crippen LogP contribution >= 0.6 is 0 Å². The van der Waals surface area contributed by atoms with Crippen LogP contribution in [0, 0.1) is 11.8 Å². The van der Waals surface area contributed by atoms with Gasteiger partial charge in [0.2, 0.25) is 0 Å². The molecule has 0 radical (unpaired) electrons. The van der Waals surface area contributed by atoms with E-state index < -0.39 is 0 Å². The second-order valence-corrected chi connectivity index (χ2v) is 6.75.